The van der Waals surface area contributed by atoms with Crippen molar-refractivity contribution in [2.75, 3.05) is 13.1 Å². The number of aryl methyl sites for hydroxylation is 1. The zero-order chi connectivity index (χ0) is 22.0. The molecule has 4 rings (SSSR count). The molecule has 0 bridgehead atoms. The van der Waals surface area contributed by atoms with Crippen LogP contribution in [-0.2, 0) is 24.2 Å². The number of carboxylic acid groups (broad SMARTS) is 1. The maximum atomic E-state index is 11.4. The van der Waals surface area contributed by atoms with Gasteiger partial charge in [-0.2, -0.15) is 4.37 Å². The van der Waals surface area contributed by atoms with Gasteiger partial charge in [-0.1, -0.05) is 35.9 Å². The number of hydrogen-bond acceptors (Lipinski definition) is 5. The van der Waals surface area contributed by atoms with Crippen molar-refractivity contribution in [3.63, 3.8) is 0 Å². The molecule has 2 aromatic carbocycles. The number of carboxylic acids is 1. The zero-order valence-corrected chi connectivity index (χ0v) is 19.0. The summed E-state index contributed by atoms with van der Waals surface area (Å²) in [5, 5.41) is 9.31. The third kappa shape index (κ3) is 5.14. The van der Waals surface area contributed by atoms with Gasteiger partial charge in [-0.25, -0.2) is 4.79 Å². The molecule has 0 atom stereocenters. The third-order valence-corrected chi connectivity index (χ3v) is 6.52. The van der Waals surface area contributed by atoms with Gasteiger partial charge in [0.25, 0.3) is 0 Å². The van der Waals surface area contributed by atoms with Crippen LogP contribution in [0.5, 0.6) is 5.75 Å². The highest BCUT2D eigenvalue weighted by Gasteiger charge is 2.29. The summed E-state index contributed by atoms with van der Waals surface area (Å²) in [6.45, 7) is 8.08. The maximum absolute atomic E-state index is 11.4. The van der Waals surface area contributed by atoms with Crippen LogP contribution >= 0.6 is 11.5 Å². The van der Waals surface area contributed by atoms with Crippen LogP contribution in [0, 0.1) is 6.92 Å². The molecule has 0 saturated carbocycles. The molecular formula is C25H28N2O3S. The summed E-state index contributed by atoms with van der Waals surface area (Å²) in [6, 6.07) is 16.7. The lowest BCUT2D eigenvalue weighted by molar-refractivity contribution is -0.152. The van der Waals surface area contributed by atoms with E-state index in [1.54, 1.807) is 25.4 Å². The number of nitrogens with zero attached hydrogens (tertiary/aromatic N) is 2. The number of hydrogen-bond donors (Lipinski definition) is 1. The Morgan fingerprint density at radius 3 is 2.52 bits per heavy atom. The van der Waals surface area contributed by atoms with Crippen molar-refractivity contribution in [3.8, 4) is 17.0 Å². The van der Waals surface area contributed by atoms with Crippen LogP contribution in [0.4, 0.5) is 0 Å². The minimum atomic E-state index is -1.24. The molecule has 0 spiro atoms. The van der Waals surface area contributed by atoms with Gasteiger partial charge in [-0.3, -0.25) is 4.90 Å². The van der Waals surface area contributed by atoms with Gasteiger partial charge >= 0.3 is 5.97 Å². The fraction of sp³-hybridized carbons (Fsp3) is 0.360. The first-order chi connectivity index (χ1) is 14.8. The fourth-order valence-corrected chi connectivity index (χ4v) is 4.55. The average molecular weight is 437 g/mol. The van der Waals surface area contributed by atoms with E-state index >= 15 is 0 Å². The van der Waals surface area contributed by atoms with Gasteiger partial charge < -0.3 is 9.84 Å². The molecule has 5 nitrogen and oxygen atoms in total. The van der Waals surface area contributed by atoms with Gasteiger partial charge in [0.1, 0.15) is 5.75 Å². The van der Waals surface area contributed by atoms with E-state index in [2.05, 4.69) is 52.6 Å². The highest BCUT2D eigenvalue weighted by Crippen LogP contribution is 2.27. The molecule has 162 valence electrons. The van der Waals surface area contributed by atoms with Crippen LogP contribution in [0.1, 0.15) is 35.4 Å². The second kappa shape index (κ2) is 8.81. The first kappa shape index (κ1) is 21.5. The van der Waals surface area contributed by atoms with Crippen molar-refractivity contribution in [3.05, 3.63) is 70.1 Å². The highest BCUT2D eigenvalue weighted by molar-refractivity contribution is 7.06. The van der Waals surface area contributed by atoms with Gasteiger partial charge in [-0.15, -0.1) is 0 Å². The van der Waals surface area contributed by atoms with E-state index in [4.69, 9.17) is 4.74 Å². The van der Waals surface area contributed by atoms with Crippen LogP contribution in [0.25, 0.3) is 11.3 Å². The van der Waals surface area contributed by atoms with E-state index in [9.17, 15) is 9.90 Å². The SMILES string of the molecule is Cc1ccc(-c2cc(CN3CCc4ccc(OC(C)(C)C(=O)O)cc4CC3)sn2)cc1. The molecule has 0 aliphatic carbocycles. The second-order valence-corrected chi connectivity index (χ2v) is 9.56. The first-order valence-electron chi connectivity index (χ1n) is 10.6. The van der Waals surface area contributed by atoms with E-state index in [0.717, 1.165) is 43.7 Å². The van der Waals surface area contributed by atoms with Crippen molar-refractivity contribution in [1.82, 2.24) is 9.27 Å². The lowest BCUT2D eigenvalue weighted by Gasteiger charge is -2.22. The molecule has 6 heteroatoms. The summed E-state index contributed by atoms with van der Waals surface area (Å²) in [4.78, 5) is 15.1. The monoisotopic (exact) mass is 436 g/mol. The number of ether oxygens (including phenoxy) is 1. The Hall–Kier alpha value is -2.70. The largest absolute Gasteiger partial charge is 0.478 e. The predicted octanol–water partition coefficient (Wildman–Crippen LogP) is 4.96. The Kier molecular flexibility index (Phi) is 6.12. The normalized spacial score (nSPS) is 14.7. The van der Waals surface area contributed by atoms with Crippen molar-refractivity contribution in [2.24, 2.45) is 0 Å². The molecule has 1 aromatic heterocycles. The molecule has 1 aliphatic heterocycles. The lowest BCUT2D eigenvalue weighted by atomic mass is 10.0. The molecule has 1 aliphatic rings. The minimum absolute atomic E-state index is 0.616. The summed E-state index contributed by atoms with van der Waals surface area (Å²) in [5.41, 5.74) is 4.77. The van der Waals surface area contributed by atoms with E-state index in [1.165, 1.54) is 21.6 Å². The van der Waals surface area contributed by atoms with E-state index in [1.807, 2.05) is 12.1 Å². The van der Waals surface area contributed by atoms with Gasteiger partial charge in [0, 0.05) is 30.1 Å². The Morgan fingerprint density at radius 2 is 1.81 bits per heavy atom. The summed E-state index contributed by atoms with van der Waals surface area (Å²) in [5.74, 6) is -0.354. The third-order valence-electron chi connectivity index (χ3n) is 5.75. The molecule has 0 fully saturated rings. The van der Waals surface area contributed by atoms with Crippen LogP contribution in [0.15, 0.2) is 48.5 Å². The number of rotatable bonds is 6. The van der Waals surface area contributed by atoms with Crippen LogP contribution in [0.3, 0.4) is 0 Å². The highest BCUT2D eigenvalue weighted by atomic mass is 32.1. The molecule has 2 heterocycles. The summed E-state index contributed by atoms with van der Waals surface area (Å²) in [6.07, 6.45) is 1.89. The summed E-state index contributed by atoms with van der Waals surface area (Å²) >= 11 is 1.58. The van der Waals surface area contributed by atoms with Crippen molar-refractivity contribution in [2.45, 2.75) is 45.8 Å². The van der Waals surface area contributed by atoms with Crippen molar-refractivity contribution >= 4 is 17.5 Å². The average Bonchev–Trinajstić information content (AvgIpc) is 3.10. The molecule has 0 saturated heterocycles. The topological polar surface area (TPSA) is 62.7 Å². The molecule has 0 unspecified atom stereocenters. The quantitative estimate of drug-likeness (QED) is 0.592. The van der Waals surface area contributed by atoms with Gasteiger partial charge in [0.2, 0.25) is 0 Å². The van der Waals surface area contributed by atoms with Crippen LogP contribution < -0.4 is 4.74 Å². The van der Waals surface area contributed by atoms with Gasteiger partial charge in [0.05, 0.1) is 5.69 Å². The predicted molar refractivity (Wildman–Crippen MR) is 124 cm³/mol. The zero-order valence-electron chi connectivity index (χ0n) is 18.2. The van der Waals surface area contributed by atoms with E-state index in [-0.39, 0.29) is 0 Å². The standard InChI is InChI=1S/C25H28N2O3S/c1-17-4-6-19(7-5-17)23-15-22(31-26-23)16-27-12-10-18-8-9-21(14-20(18)11-13-27)30-25(2,3)24(28)29/h4-9,14-15H,10-13,16H2,1-3H3,(H,28,29). The Morgan fingerprint density at radius 1 is 1.10 bits per heavy atom. The molecule has 31 heavy (non-hydrogen) atoms. The summed E-state index contributed by atoms with van der Waals surface area (Å²) in [7, 11) is 0. The number of carbonyl (C=O) groups is 1. The molecule has 0 amide bonds. The smallest absolute Gasteiger partial charge is 0.347 e. The number of benzene rings is 2. The van der Waals surface area contributed by atoms with Crippen LogP contribution in [-0.4, -0.2) is 39.0 Å². The Labute approximate surface area is 187 Å². The fourth-order valence-electron chi connectivity index (χ4n) is 3.78. The first-order valence-corrected chi connectivity index (χ1v) is 11.4. The molecule has 3 aromatic rings. The van der Waals surface area contributed by atoms with E-state index < -0.39 is 11.6 Å². The van der Waals surface area contributed by atoms with Crippen LogP contribution in [0.2, 0.25) is 0 Å². The lowest BCUT2D eigenvalue weighted by Crippen LogP contribution is -2.37. The summed E-state index contributed by atoms with van der Waals surface area (Å²) < 4.78 is 10.4. The number of fused-ring (bicyclic) bond motifs is 1. The van der Waals surface area contributed by atoms with Gasteiger partial charge in [-0.05, 0) is 74.5 Å². The minimum Gasteiger partial charge on any atom is -0.478 e. The van der Waals surface area contributed by atoms with Crippen molar-refractivity contribution in [1.29, 1.82) is 0 Å². The second-order valence-electron chi connectivity index (χ2n) is 8.67. The van der Waals surface area contributed by atoms with Gasteiger partial charge in [0.15, 0.2) is 5.60 Å². The Balaban J connectivity index is 1.41. The molecular weight excluding hydrogens is 408 g/mol. The maximum Gasteiger partial charge on any atom is 0.347 e. The van der Waals surface area contributed by atoms with Crippen molar-refractivity contribution < 1.29 is 14.6 Å². The molecule has 1 N–H and O–H groups in total. The van der Waals surface area contributed by atoms with E-state index in [0.29, 0.717) is 5.75 Å². The number of aliphatic carboxylic acids is 1. The molecule has 0 radical (unpaired) electrons. The Bertz CT molecular complexity index is 1070. The number of aromatic nitrogens is 1.